The van der Waals surface area contributed by atoms with E-state index in [0.717, 1.165) is 38.5 Å². The number of aliphatic hydroxyl groups is 1. The zero-order valence-electron chi connectivity index (χ0n) is 19.9. The number of rotatable bonds is 6. The van der Waals surface area contributed by atoms with E-state index in [0.29, 0.717) is 31.1 Å². The molecule has 1 N–H and O–H groups in total. The molecule has 7 heteroatoms. The lowest BCUT2D eigenvalue weighted by molar-refractivity contribution is -0.227. The van der Waals surface area contributed by atoms with Gasteiger partial charge in [0, 0.05) is 18.3 Å². The van der Waals surface area contributed by atoms with Crippen molar-refractivity contribution >= 4 is 17.9 Å². The average molecular weight is 461 g/mol. The lowest BCUT2D eigenvalue weighted by Crippen LogP contribution is -2.61. The quantitative estimate of drug-likeness (QED) is 0.480. The van der Waals surface area contributed by atoms with E-state index in [1.54, 1.807) is 0 Å². The fraction of sp³-hybridized carbons (Fsp3) is 0.885. The van der Waals surface area contributed by atoms with Crippen molar-refractivity contribution in [1.29, 1.82) is 0 Å². The lowest BCUT2D eigenvalue weighted by Gasteiger charge is -2.59. The molecule has 7 rings (SSSR count). The number of hydrogen-bond acceptors (Lipinski definition) is 7. The summed E-state index contributed by atoms with van der Waals surface area (Å²) in [7, 11) is 0. The number of esters is 3. The lowest BCUT2D eigenvalue weighted by atomic mass is 9.52. The topological polar surface area (TPSA) is 99.1 Å². The SMILES string of the molecule is CCC(C)(C)C(=O)OC1(CC(=O)OC23CC4CC(CC(O)(C4)C2)C3)C2CC3C(=O)OC1C3C2. The second kappa shape index (κ2) is 6.73. The number of carbonyl (C=O) groups excluding carboxylic acids is 3. The highest BCUT2D eigenvalue weighted by Crippen LogP contribution is 2.63. The zero-order chi connectivity index (χ0) is 23.4. The van der Waals surface area contributed by atoms with Gasteiger partial charge in [0.2, 0.25) is 0 Å². The molecule has 1 heterocycles. The van der Waals surface area contributed by atoms with Gasteiger partial charge in [-0.1, -0.05) is 6.92 Å². The van der Waals surface area contributed by atoms with Gasteiger partial charge in [-0.2, -0.15) is 0 Å². The van der Waals surface area contributed by atoms with Crippen LogP contribution < -0.4 is 0 Å². The molecular formula is C26H36O7. The molecule has 0 aromatic carbocycles. The summed E-state index contributed by atoms with van der Waals surface area (Å²) in [6, 6.07) is 0. The van der Waals surface area contributed by atoms with Crippen molar-refractivity contribution in [2.45, 2.75) is 108 Å². The highest BCUT2D eigenvalue weighted by Gasteiger charge is 2.72. The molecule has 6 aliphatic carbocycles. The van der Waals surface area contributed by atoms with Crippen molar-refractivity contribution in [2.24, 2.45) is 35.0 Å². The normalized spacial score (nSPS) is 48.8. The molecule has 7 unspecified atom stereocenters. The summed E-state index contributed by atoms with van der Waals surface area (Å²) < 4.78 is 18.2. The molecule has 0 spiro atoms. The van der Waals surface area contributed by atoms with E-state index in [9.17, 15) is 19.5 Å². The third kappa shape index (κ3) is 3.13. The molecule has 7 atom stereocenters. The fourth-order valence-electron chi connectivity index (χ4n) is 8.70. The Balaban J connectivity index is 1.26. The van der Waals surface area contributed by atoms with Crippen LogP contribution in [0.3, 0.4) is 0 Å². The van der Waals surface area contributed by atoms with Gasteiger partial charge in [0.15, 0.2) is 5.60 Å². The van der Waals surface area contributed by atoms with Crippen molar-refractivity contribution < 1.29 is 33.7 Å². The summed E-state index contributed by atoms with van der Waals surface area (Å²) in [6.45, 7) is 5.62. The summed E-state index contributed by atoms with van der Waals surface area (Å²) in [5, 5.41) is 11.0. The number of carbonyl (C=O) groups is 3. The maximum absolute atomic E-state index is 13.5. The molecule has 0 aromatic rings. The molecule has 1 aliphatic heterocycles. The third-order valence-electron chi connectivity index (χ3n) is 10.2. The standard InChI is InChI=1S/C26H36O7/c1-4-23(2,3)22(29)33-26(16-6-17-18(7-16)21(28)31-20(17)26)12-19(27)32-25-10-14-5-15(11-25)9-24(30,8-14)13-25/h14-18,20,30H,4-13H2,1-3H3. The summed E-state index contributed by atoms with van der Waals surface area (Å²) in [4.78, 5) is 39.1. The first-order chi connectivity index (χ1) is 15.5. The van der Waals surface area contributed by atoms with Gasteiger partial charge in [0.05, 0.1) is 23.4 Å². The van der Waals surface area contributed by atoms with Crippen molar-refractivity contribution in [3.8, 4) is 0 Å². The molecular weight excluding hydrogens is 424 g/mol. The van der Waals surface area contributed by atoms with Gasteiger partial charge in [-0.15, -0.1) is 0 Å². The second-order valence-electron chi connectivity index (χ2n) is 12.9. The Bertz CT molecular complexity index is 894. The molecule has 7 fully saturated rings. The summed E-state index contributed by atoms with van der Waals surface area (Å²) in [5.41, 5.74) is -3.17. The van der Waals surface area contributed by atoms with Crippen LogP contribution in [0.15, 0.2) is 0 Å². The number of hydrogen-bond donors (Lipinski definition) is 1. The van der Waals surface area contributed by atoms with Gasteiger partial charge in [-0.3, -0.25) is 14.4 Å². The van der Waals surface area contributed by atoms with E-state index >= 15 is 0 Å². The van der Waals surface area contributed by atoms with Gasteiger partial charge >= 0.3 is 17.9 Å². The van der Waals surface area contributed by atoms with Crippen LogP contribution in [0.25, 0.3) is 0 Å². The Morgan fingerprint density at radius 2 is 1.79 bits per heavy atom. The smallest absolute Gasteiger partial charge is 0.312 e. The molecule has 182 valence electrons. The van der Waals surface area contributed by atoms with Crippen LogP contribution in [0.2, 0.25) is 0 Å². The second-order valence-corrected chi connectivity index (χ2v) is 12.9. The molecule has 6 bridgehead atoms. The highest BCUT2D eigenvalue weighted by atomic mass is 16.6. The van der Waals surface area contributed by atoms with Gasteiger partial charge < -0.3 is 19.3 Å². The minimum absolute atomic E-state index is 0.00750. The van der Waals surface area contributed by atoms with E-state index in [1.807, 2.05) is 20.8 Å². The van der Waals surface area contributed by atoms with Gasteiger partial charge in [0.1, 0.15) is 11.7 Å². The third-order valence-corrected chi connectivity index (χ3v) is 10.2. The number of fused-ring (bicyclic) bond motifs is 1. The average Bonchev–Trinajstić information content (AvgIpc) is 3.31. The maximum atomic E-state index is 13.5. The molecule has 7 nitrogen and oxygen atoms in total. The highest BCUT2D eigenvalue weighted by molar-refractivity contribution is 5.81. The van der Waals surface area contributed by atoms with Crippen LogP contribution >= 0.6 is 0 Å². The van der Waals surface area contributed by atoms with Crippen LogP contribution in [0.5, 0.6) is 0 Å². The summed E-state index contributed by atoms with van der Waals surface area (Å²) in [6.07, 6.45) is 6.12. The van der Waals surface area contributed by atoms with Crippen molar-refractivity contribution in [3.63, 3.8) is 0 Å². The molecule has 7 aliphatic rings. The van der Waals surface area contributed by atoms with Crippen molar-refractivity contribution in [1.82, 2.24) is 0 Å². The van der Waals surface area contributed by atoms with E-state index < -0.39 is 34.3 Å². The van der Waals surface area contributed by atoms with Crippen LogP contribution in [0.4, 0.5) is 0 Å². The minimum atomic E-state index is -1.15. The summed E-state index contributed by atoms with van der Waals surface area (Å²) >= 11 is 0. The number of ether oxygens (including phenoxy) is 3. The molecule has 33 heavy (non-hydrogen) atoms. The fourth-order valence-corrected chi connectivity index (χ4v) is 8.70. The molecule has 6 saturated carbocycles. The van der Waals surface area contributed by atoms with E-state index in [-0.39, 0.29) is 36.1 Å². The first-order valence-corrected chi connectivity index (χ1v) is 12.8. The Morgan fingerprint density at radius 1 is 1.09 bits per heavy atom. The molecule has 1 saturated heterocycles. The zero-order valence-corrected chi connectivity index (χ0v) is 19.9. The van der Waals surface area contributed by atoms with Crippen LogP contribution in [0, 0.1) is 35.0 Å². The predicted molar refractivity (Wildman–Crippen MR) is 116 cm³/mol. The minimum Gasteiger partial charge on any atom is -0.459 e. The molecule has 0 radical (unpaired) electrons. The van der Waals surface area contributed by atoms with Crippen LogP contribution in [0.1, 0.15) is 85.0 Å². The predicted octanol–water partition coefficient (Wildman–Crippen LogP) is 3.30. The Hall–Kier alpha value is -1.63. The first kappa shape index (κ1) is 21.9. The van der Waals surface area contributed by atoms with E-state index in [4.69, 9.17) is 14.2 Å². The van der Waals surface area contributed by atoms with Crippen molar-refractivity contribution in [3.05, 3.63) is 0 Å². The monoisotopic (exact) mass is 460 g/mol. The van der Waals surface area contributed by atoms with Crippen LogP contribution in [-0.2, 0) is 28.6 Å². The van der Waals surface area contributed by atoms with Crippen molar-refractivity contribution in [2.75, 3.05) is 0 Å². The largest absolute Gasteiger partial charge is 0.459 e. The summed E-state index contributed by atoms with van der Waals surface area (Å²) in [5.74, 6) is -0.373. The van der Waals surface area contributed by atoms with E-state index in [2.05, 4.69) is 0 Å². The van der Waals surface area contributed by atoms with Crippen LogP contribution in [-0.4, -0.2) is 45.9 Å². The first-order valence-electron chi connectivity index (χ1n) is 12.8. The van der Waals surface area contributed by atoms with Gasteiger partial charge in [-0.25, -0.2) is 0 Å². The van der Waals surface area contributed by atoms with Gasteiger partial charge in [0.25, 0.3) is 0 Å². The Kier molecular flexibility index (Phi) is 4.46. The van der Waals surface area contributed by atoms with E-state index in [1.165, 1.54) is 0 Å². The van der Waals surface area contributed by atoms with Gasteiger partial charge in [-0.05, 0) is 77.0 Å². The molecule has 0 amide bonds. The maximum Gasteiger partial charge on any atom is 0.312 e. The Morgan fingerprint density at radius 3 is 2.42 bits per heavy atom. The Labute approximate surface area is 194 Å². The molecule has 0 aromatic heterocycles.